The van der Waals surface area contributed by atoms with Gasteiger partial charge in [0.05, 0.1) is 13.2 Å². The molecule has 21 heavy (non-hydrogen) atoms. The van der Waals surface area contributed by atoms with Gasteiger partial charge in [-0.15, -0.1) is 11.8 Å². The van der Waals surface area contributed by atoms with Crippen LogP contribution in [-0.2, 0) is 4.79 Å². The van der Waals surface area contributed by atoms with Crippen molar-refractivity contribution < 1.29 is 19.4 Å². The molecule has 1 atom stereocenters. The number of carboxylic acid groups (broad SMARTS) is 1. The highest BCUT2D eigenvalue weighted by Gasteiger charge is 2.26. The van der Waals surface area contributed by atoms with E-state index < -0.39 is 11.5 Å². The third-order valence-electron chi connectivity index (χ3n) is 3.32. The summed E-state index contributed by atoms with van der Waals surface area (Å²) in [5.74, 6) is 1.44. The zero-order valence-corrected chi connectivity index (χ0v) is 12.9. The van der Waals surface area contributed by atoms with Crippen molar-refractivity contribution >= 4 is 17.7 Å². The molecule has 0 saturated heterocycles. The van der Waals surface area contributed by atoms with Gasteiger partial charge in [0.2, 0.25) is 0 Å². The van der Waals surface area contributed by atoms with Gasteiger partial charge in [-0.3, -0.25) is 4.79 Å². The van der Waals surface area contributed by atoms with E-state index in [0.717, 1.165) is 35.0 Å². The lowest BCUT2D eigenvalue weighted by atomic mass is 9.98. The fourth-order valence-corrected chi connectivity index (χ4v) is 2.85. The molecule has 0 saturated carbocycles. The molecule has 0 fully saturated rings. The van der Waals surface area contributed by atoms with Gasteiger partial charge in [-0.25, -0.2) is 0 Å². The molecule has 1 unspecified atom stereocenters. The fraction of sp³-hybridized carbons (Fsp3) is 0.533. The number of fused-ring (bicyclic) bond motifs is 1. The van der Waals surface area contributed by atoms with Crippen LogP contribution in [0, 0.1) is 0 Å². The van der Waals surface area contributed by atoms with Crippen molar-refractivity contribution in [2.45, 2.75) is 36.6 Å². The lowest BCUT2D eigenvalue weighted by molar-refractivity contribution is -0.142. The Kier molecular flexibility index (Phi) is 5.36. The lowest BCUT2D eigenvalue weighted by Crippen LogP contribution is -2.44. The number of hydrogen-bond donors (Lipinski definition) is 2. The molecular formula is C15H21NO4S. The van der Waals surface area contributed by atoms with Gasteiger partial charge in [0.25, 0.3) is 0 Å². The molecule has 2 rings (SSSR count). The van der Waals surface area contributed by atoms with E-state index in [4.69, 9.17) is 20.3 Å². The molecule has 1 aromatic rings. The third-order valence-corrected chi connectivity index (χ3v) is 4.40. The number of carbonyl (C=O) groups is 1. The summed E-state index contributed by atoms with van der Waals surface area (Å²) in [6.45, 7) is 2.91. The van der Waals surface area contributed by atoms with Crippen LogP contribution in [0.3, 0.4) is 0 Å². The van der Waals surface area contributed by atoms with E-state index in [1.807, 2.05) is 18.2 Å². The van der Waals surface area contributed by atoms with Crippen molar-refractivity contribution in [1.29, 1.82) is 0 Å². The average molecular weight is 311 g/mol. The quantitative estimate of drug-likeness (QED) is 0.620. The van der Waals surface area contributed by atoms with Crippen molar-refractivity contribution in [1.82, 2.24) is 0 Å². The van der Waals surface area contributed by atoms with Crippen LogP contribution in [0.2, 0.25) is 0 Å². The molecule has 0 spiro atoms. The second kappa shape index (κ2) is 7.04. The number of aliphatic carboxylic acids is 1. The number of thioether (sulfide) groups is 1. The Morgan fingerprint density at radius 3 is 2.81 bits per heavy atom. The molecule has 0 aromatic heterocycles. The van der Waals surface area contributed by atoms with Crippen LogP contribution in [0.4, 0.5) is 0 Å². The van der Waals surface area contributed by atoms with Gasteiger partial charge in [0, 0.05) is 11.3 Å². The van der Waals surface area contributed by atoms with E-state index in [1.54, 1.807) is 18.7 Å². The predicted octanol–water partition coefficient (Wildman–Crippen LogP) is 2.52. The minimum absolute atomic E-state index is 0.458. The predicted molar refractivity (Wildman–Crippen MR) is 82.2 cm³/mol. The van der Waals surface area contributed by atoms with Crippen LogP contribution >= 0.6 is 11.8 Å². The molecule has 1 heterocycles. The van der Waals surface area contributed by atoms with Crippen LogP contribution in [0.15, 0.2) is 23.1 Å². The van der Waals surface area contributed by atoms with Crippen LogP contribution < -0.4 is 15.2 Å². The standard InChI is InChI=1S/C15H21NO4S/c1-15(16,14(17)18)6-2-9-21-11-4-5-12-13(10-11)20-8-3-7-19-12/h4-5,10H,2-3,6-9,16H2,1H3,(H,17,18). The largest absolute Gasteiger partial charge is 0.490 e. The molecule has 0 radical (unpaired) electrons. The van der Waals surface area contributed by atoms with Gasteiger partial charge in [-0.1, -0.05) is 0 Å². The maximum atomic E-state index is 10.9. The highest BCUT2D eigenvalue weighted by atomic mass is 32.2. The summed E-state index contributed by atoms with van der Waals surface area (Å²) >= 11 is 1.67. The van der Waals surface area contributed by atoms with Gasteiger partial charge in [0.1, 0.15) is 5.54 Å². The van der Waals surface area contributed by atoms with E-state index in [0.29, 0.717) is 19.6 Å². The maximum absolute atomic E-state index is 10.9. The van der Waals surface area contributed by atoms with E-state index in [2.05, 4.69) is 0 Å². The zero-order chi connectivity index (χ0) is 15.3. The molecular weight excluding hydrogens is 290 g/mol. The summed E-state index contributed by atoms with van der Waals surface area (Å²) in [4.78, 5) is 12.0. The first-order valence-corrected chi connectivity index (χ1v) is 8.02. The summed E-state index contributed by atoms with van der Waals surface area (Å²) < 4.78 is 11.2. The summed E-state index contributed by atoms with van der Waals surface area (Å²) in [7, 11) is 0. The van der Waals surface area contributed by atoms with Crippen molar-refractivity contribution in [3.63, 3.8) is 0 Å². The highest BCUT2D eigenvalue weighted by molar-refractivity contribution is 7.99. The molecule has 6 heteroatoms. The van der Waals surface area contributed by atoms with Crippen molar-refractivity contribution in [3.05, 3.63) is 18.2 Å². The molecule has 1 aliphatic rings. The van der Waals surface area contributed by atoms with Crippen LogP contribution in [-0.4, -0.2) is 35.6 Å². The summed E-state index contributed by atoms with van der Waals surface area (Å²) in [5.41, 5.74) is 4.55. The van der Waals surface area contributed by atoms with Crippen molar-refractivity contribution in [2.75, 3.05) is 19.0 Å². The Balaban J connectivity index is 1.84. The van der Waals surface area contributed by atoms with Gasteiger partial charge >= 0.3 is 5.97 Å². The molecule has 0 aliphatic carbocycles. The minimum atomic E-state index is -1.15. The smallest absolute Gasteiger partial charge is 0.323 e. The van der Waals surface area contributed by atoms with Gasteiger partial charge in [0.15, 0.2) is 11.5 Å². The fourth-order valence-electron chi connectivity index (χ4n) is 1.97. The van der Waals surface area contributed by atoms with Crippen molar-refractivity contribution in [2.24, 2.45) is 5.73 Å². The second-order valence-corrected chi connectivity index (χ2v) is 6.50. The first-order valence-electron chi connectivity index (χ1n) is 7.04. The Hall–Kier alpha value is -1.40. The highest BCUT2D eigenvalue weighted by Crippen LogP contribution is 2.34. The monoisotopic (exact) mass is 311 g/mol. The molecule has 0 amide bonds. The zero-order valence-electron chi connectivity index (χ0n) is 12.1. The number of ether oxygens (including phenoxy) is 2. The number of benzene rings is 1. The van der Waals surface area contributed by atoms with Crippen LogP contribution in [0.25, 0.3) is 0 Å². The Bertz CT molecular complexity index is 504. The number of rotatable bonds is 6. The van der Waals surface area contributed by atoms with Crippen LogP contribution in [0.5, 0.6) is 11.5 Å². The minimum Gasteiger partial charge on any atom is -0.490 e. The van der Waals surface area contributed by atoms with E-state index in [-0.39, 0.29) is 0 Å². The molecule has 5 nitrogen and oxygen atoms in total. The molecule has 0 bridgehead atoms. The summed E-state index contributed by atoms with van der Waals surface area (Å²) in [6, 6.07) is 5.90. The molecule has 3 N–H and O–H groups in total. The van der Waals surface area contributed by atoms with Crippen molar-refractivity contribution in [3.8, 4) is 11.5 Å². The van der Waals surface area contributed by atoms with E-state index in [9.17, 15) is 4.79 Å². The molecule has 1 aliphatic heterocycles. The SMILES string of the molecule is CC(N)(CCCSc1ccc2c(c1)OCCCO2)C(=O)O. The van der Waals surface area contributed by atoms with E-state index in [1.165, 1.54) is 0 Å². The first-order chi connectivity index (χ1) is 9.99. The molecule has 1 aromatic carbocycles. The first kappa shape index (κ1) is 16.0. The van der Waals surface area contributed by atoms with Gasteiger partial charge in [-0.2, -0.15) is 0 Å². The number of hydrogen-bond acceptors (Lipinski definition) is 5. The van der Waals surface area contributed by atoms with E-state index >= 15 is 0 Å². The second-order valence-electron chi connectivity index (χ2n) is 5.33. The lowest BCUT2D eigenvalue weighted by Gasteiger charge is -2.18. The Morgan fingerprint density at radius 1 is 1.38 bits per heavy atom. The number of carboxylic acids is 1. The summed E-state index contributed by atoms with van der Waals surface area (Å²) in [5, 5.41) is 8.95. The normalized spacial score (nSPS) is 16.9. The molecule has 116 valence electrons. The topological polar surface area (TPSA) is 81.8 Å². The Labute approximate surface area is 128 Å². The average Bonchev–Trinajstić information content (AvgIpc) is 2.68. The maximum Gasteiger partial charge on any atom is 0.323 e. The van der Waals surface area contributed by atoms with Gasteiger partial charge in [-0.05, 0) is 43.7 Å². The van der Waals surface area contributed by atoms with Gasteiger partial charge < -0.3 is 20.3 Å². The third kappa shape index (κ3) is 4.54. The van der Waals surface area contributed by atoms with Crippen LogP contribution in [0.1, 0.15) is 26.2 Å². The summed E-state index contributed by atoms with van der Waals surface area (Å²) in [6.07, 6.45) is 2.10. The Morgan fingerprint density at radius 2 is 2.10 bits per heavy atom. The number of nitrogens with two attached hydrogens (primary N) is 1.